The van der Waals surface area contributed by atoms with Crippen molar-refractivity contribution in [1.82, 2.24) is 9.80 Å². The van der Waals surface area contributed by atoms with Crippen LogP contribution in [0.4, 0.5) is 10.1 Å². The van der Waals surface area contributed by atoms with Crippen molar-refractivity contribution in [1.29, 1.82) is 0 Å². The summed E-state index contributed by atoms with van der Waals surface area (Å²) in [6, 6.07) is 2.64. The van der Waals surface area contributed by atoms with Crippen LogP contribution in [-0.4, -0.2) is 48.4 Å². The van der Waals surface area contributed by atoms with Crippen LogP contribution in [0.25, 0.3) is 0 Å². The summed E-state index contributed by atoms with van der Waals surface area (Å²) in [6.45, 7) is 6.23. The summed E-state index contributed by atoms with van der Waals surface area (Å²) in [5.41, 5.74) is 5.94. The minimum Gasteiger partial charge on any atom is -0.396 e. The third-order valence-corrected chi connectivity index (χ3v) is 4.08. The number of nitrogen functional groups attached to an aromatic ring is 1. The number of carbonyl (C=O) groups excluding carboxylic acids is 1. The van der Waals surface area contributed by atoms with Crippen molar-refractivity contribution >= 4 is 27.5 Å². The molecular weight excluding hydrogens is 313 g/mol. The summed E-state index contributed by atoms with van der Waals surface area (Å²) in [6.07, 6.45) is 0. The Morgan fingerprint density at radius 3 is 2.58 bits per heavy atom. The predicted octanol–water partition coefficient (Wildman–Crippen LogP) is 1.95. The SMILES string of the molecule is CCN1CCN(C(=O)c2cc(N)c(F)cc2Br)CC1. The van der Waals surface area contributed by atoms with E-state index in [-0.39, 0.29) is 11.6 Å². The molecule has 1 aliphatic rings. The maximum atomic E-state index is 13.3. The number of benzene rings is 1. The first-order valence-corrected chi connectivity index (χ1v) is 7.08. The van der Waals surface area contributed by atoms with E-state index >= 15 is 0 Å². The van der Waals surface area contributed by atoms with Gasteiger partial charge in [0.25, 0.3) is 5.91 Å². The summed E-state index contributed by atoms with van der Waals surface area (Å²) in [7, 11) is 0. The number of nitrogens with zero attached hydrogens (tertiary/aromatic N) is 2. The van der Waals surface area contributed by atoms with Crippen LogP contribution in [0.1, 0.15) is 17.3 Å². The standard InChI is InChI=1S/C13H17BrFN3O/c1-2-17-3-5-18(6-4-17)13(19)9-7-12(16)11(15)8-10(9)14/h7-8H,2-6,16H2,1H3. The van der Waals surface area contributed by atoms with Crippen LogP contribution in [0.2, 0.25) is 0 Å². The average Bonchev–Trinajstić information content (AvgIpc) is 2.42. The highest BCUT2D eigenvalue weighted by atomic mass is 79.9. The highest BCUT2D eigenvalue weighted by molar-refractivity contribution is 9.10. The van der Waals surface area contributed by atoms with Crippen LogP contribution in [0.15, 0.2) is 16.6 Å². The van der Waals surface area contributed by atoms with Gasteiger partial charge in [-0.15, -0.1) is 0 Å². The van der Waals surface area contributed by atoms with Gasteiger partial charge in [0.1, 0.15) is 5.82 Å². The van der Waals surface area contributed by atoms with Crippen molar-refractivity contribution in [2.75, 3.05) is 38.5 Å². The Hall–Kier alpha value is -1.14. The lowest BCUT2D eigenvalue weighted by Gasteiger charge is -2.34. The second-order valence-electron chi connectivity index (χ2n) is 4.58. The van der Waals surface area contributed by atoms with E-state index in [1.165, 1.54) is 12.1 Å². The lowest BCUT2D eigenvalue weighted by molar-refractivity contribution is 0.0642. The molecule has 1 aromatic rings. The summed E-state index contributed by atoms with van der Waals surface area (Å²) >= 11 is 3.22. The molecular formula is C13H17BrFN3O. The predicted molar refractivity (Wildman–Crippen MR) is 76.5 cm³/mol. The van der Waals surface area contributed by atoms with Crippen molar-refractivity contribution in [2.45, 2.75) is 6.92 Å². The maximum Gasteiger partial charge on any atom is 0.255 e. The lowest BCUT2D eigenvalue weighted by atomic mass is 10.1. The molecule has 2 rings (SSSR count). The second-order valence-corrected chi connectivity index (χ2v) is 5.43. The molecule has 1 heterocycles. The fourth-order valence-corrected chi connectivity index (χ4v) is 2.65. The van der Waals surface area contributed by atoms with E-state index in [4.69, 9.17) is 5.73 Å². The fraction of sp³-hybridized carbons (Fsp3) is 0.462. The number of piperazine rings is 1. The third kappa shape index (κ3) is 3.06. The number of anilines is 1. The van der Waals surface area contributed by atoms with Crippen LogP contribution >= 0.6 is 15.9 Å². The Bertz CT molecular complexity index is 487. The van der Waals surface area contributed by atoms with E-state index in [0.717, 1.165) is 19.6 Å². The van der Waals surface area contributed by atoms with Gasteiger partial charge in [-0.3, -0.25) is 4.79 Å². The van der Waals surface area contributed by atoms with Gasteiger partial charge in [0, 0.05) is 30.7 Å². The minimum atomic E-state index is -0.515. The van der Waals surface area contributed by atoms with Gasteiger partial charge in [-0.1, -0.05) is 6.92 Å². The van der Waals surface area contributed by atoms with Gasteiger partial charge in [-0.05, 0) is 34.6 Å². The molecule has 1 fully saturated rings. The molecule has 0 aliphatic carbocycles. The molecule has 104 valence electrons. The van der Waals surface area contributed by atoms with Gasteiger partial charge in [-0.25, -0.2) is 4.39 Å². The first-order valence-electron chi connectivity index (χ1n) is 6.29. The Morgan fingerprint density at radius 2 is 2.00 bits per heavy atom. The smallest absolute Gasteiger partial charge is 0.255 e. The zero-order valence-corrected chi connectivity index (χ0v) is 12.4. The number of hydrogen-bond donors (Lipinski definition) is 1. The molecule has 1 amide bonds. The normalized spacial score (nSPS) is 16.7. The molecule has 0 atom stereocenters. The van der Waals surface area contributed by atoms with E-state index < -0.39 is 5.82 Å². The molecule has 0 spiro atoms. The Kier molecular flexibility index (Phi) is 4.42. The number of carbonyl (C=O) groups is 1. The van der Waals surface area contributed by atoms with Crippen LogP contribution in [0.3, 0.4) is 0 Å². The summed E-state index contributed by atoms with van der Waals surface area (Å²) in [4.78, 5) is 16.4. The van der Waals surface area contributed by atoms with E-state index in [1.54, 1.807) is 4.90 Å². The number of amides is 1. The number of nitrogens with two attached hydrogens (primary N) is 1. The topological polar surface area (TPSA) is 49.6 Å². The van der Waals surface area contributed by atoms with Gasteiger partial charge in [-0.2, -0.15) is 0 Å². The zero-order chi connectivity index (χ0) is 14.0. The van der Waals surface area contributed by atoms with Crippen molar-refractivity contribution < 1.29 is 9.18 Å². The first kappa shape index (κ1) is 14.3. The van der Waals surface area contributed by atoms with Gasteiger partial charge >= 0.3 is 0 Å². The van der Waals surface area contributed by atoms with Gasteiger partial charge < -0.3 is 15.5 Å². The Labute approximate surface area is 120 Å². The van der Waals surface area contributed by atoms with Crippen molar-refractivity contribution in [3.63, 3.8) is 0 Å². The summed E-state index contributed by atoms with van der Waals surface area (Å²) in [5.74, 6) is -0.617. The molecule has 2 N–H and O–H groups in total. The third-order valence-electron chi connectivity index (χ3n) is 3.42. The van der Waals surface area contributed by atoms with E-state index in [9.17, 15) is 9.18 Å². The summed E-state index contributed by atoms with van der Waals surface area (Å²) in [5, 5.41) is 0. The molecule has 4 nitrogen and oxygen atoms in total. The number of halogens is 2. The van der Waals surface area contributed by atoms with Crippen LogP contribution < -0.4 is 5.73 Å². The first-order chi connectivity index (χ1) is 9.02. The molecule has 6 heteroatoms. The molecule has 1 aliphatic heterocycles. The highest BCUT2D eigenvalue weighted by Gasteiger charge is 2.23. The van der Waals surface area contributed by atoms with E-state index in [0.29, 0.717) is 23.1 Å². The Balaban J connectivity index is 2.14. The lowest BCUT2D eigenvalue weighted by Crippen LogP contribution is -2.48. The van der Waals surface area contributed by atoms with E-state index in [2.05, 4.69) is 27.8 Å². The largest absolute Gasteiger partial charge is 0.396 e. The average molecular weight is 330 g/mol. The fourth-order valence-electron chi connectivity index (χ4n) is 2.17. The quantitative estimate of drug-likeness (QED) is 0.844. The van der Waals surface area contributed by atoms with Crippen molar-refractivity contribution in [3.05, 3.63) is 28.0 Å². The van der Waals surface area contributed by atoms with Crippen molar-refractivity contribution in [3.8, 4) is 0 Å². The molecule has 0 unspecified atom stereocenters. The van der Waals surface area contributed by atoms with Crippen LogP contribution in [0, 0.1) is 5.82 Å². The molecule has 0 radical (unpaired) electrons. The van der Waals surface area contributed by atoms with Crippen molar-refractivity contribution in [2.24, 2.45) is 0 Å². The Morgan fingerprint density at radius 1 is 1.37 bits per heavy atom. The van der Waals surface area contributed by atoms with Gasteiger partial charge in [0.15, 0.2) is 0 Å². The van der Waals surface area contributed by atoms with Crippen LogP contribution in [-0.2, 0) is 0 Å². The maximum absolute atomic E-state index is 13.3. The second kappa shape index (κ2) is 5.88. The van der Waals surface area contributed by atoms with Gasteiger partial charge in [0.2, 0.25) is 0 Å². The highest BCUT2D eigenvalue weighted by Crippen LogP contribution is 2.24. The summed E-state index contributed by atoms with van der Waals surface area (Å²) < 4.78 is 13.7. The monoisotopic (exact) mass is 329 g/mol. The molecule has 1 aromatic carbocycles. The zero-order valence-electron chi connectivity index (χ0n) is 10.8. The van der Waals surface area contributed by atoms with Gasteiger partial charge in [0.05, 0.1) is 11.3 Å². The molecule has 1 saturated heterocycles. The van der Waals surface area contributed by atoms with E-state index in [1.807, 2.05) is 0 Å². The number of likely N-dealkylation sites (N-methyl/N-ethyl adjacent to an activating group) is 1. The minimum absolute atomic E-state index is 0.00116. The number of hydrogen-bond acceptors (Lipinski definition) is 3. The van der Waals surface area contributed by atoms with Crippen LogP contribution in [0.5, 0.6) is 0 Å². The molecule has 0 saturated carbocycles. The number of rotatable bonds is 2. The molecule has 0 bridgehead atoms. The molecule has 0 aromatic heterocycles. The molecule has 19 heavy (non-hydrogen) atoms.